The Bertz CT molecular complexity index is 671. The Kier molecular flexibility index (Phi) is 6.96. The minimum Gasteiger partial charge on any atom is -0.383 e. The summed E-state index contributed by atoms with van der Waals surface area (Å²) < 4.78 is 5.06. The molecule has 2 amide bonds. The lowest BCUT2D eigenvalue weighted by atomic mass is 10.2. The third kappa shape index (κ3) is 5.79. The van der Waals surface area contributed by atoms with E-state index in [1.165, 1.54) is 0 Å². The van der Waals surface area contributed by atoms with Gasteiger partial charge in [0, 0.05) is 24.2 Å². The summed E-state index contributed by atoms with van der Waals surface area (Å²) in [5, 5.41) is 4.74. The van der Waals surface area contributed by atoms with Crippen LogP contribution in [-0.2, 0) is 20.9 Å². The summed E-state index contributed by atoms with van der Waals surface area (Å²) in [5.74, 6) is -0.509. The molecule has 128 valence electrons. The van der Waals surface area contributed by atoms with Crippen LogP contribution in [0.4, 0.5) is 5.69 Å². The molecule has 24 heavy (non-hydrogen) atoms. The number of anilines is 1. The van der Waals surface area contributed by atoms with E-state index >= 15 is 0 Å². The third-order valence-electron chi connectivity index (χ3n) is 3.46. The lowest BCUT2D eigenvalue weighted by molar-refractivity contribution is -0.135. The second-order valence-electron chi connectivity index (χ2n) is 5.48. The predicted molar refractivity (Wildman–Crippen MR) is 96.0 cm³/mol. The number of thiophene rings is 1. The van der Waals surface area contributed by atoms with Crippen molar-refractivity contribution in [3.63, 3.8) is 0 Å². The molecule has 0 aliphatic rings. The number of nitrogens with zero attached hydrogens (tertiary/aromatic N) is 1. The average molecular weight is 346 g/mol. The van der Waals surface area contributed by atoms with Gasteiger partial charge in [0.25, 0.3) is 0 Å². The van der Waals surface area contributed by atoms with E-state index in [9.17, 15) is 9.59 Å². The van der Waals surface area contributed by atoms with Crippen LogP contribution in [0, 0.1) is 6.92 Å². The molecular weight excluding hydrogens is 324 g/mol. The van der Waals surface area contributed by atoms with Gasteiger partial charge in [-0.15, -0.1) is 11.3 Å². The van der Waals surface area contributed by atoms with Crippen LogP contribution >= 0.6 is 11.3 Å². The molecule has 0 atom stereocenters. The molecule has 0 fully saturated rings. The molecule has 5 nitrogen and oxygen atoms in total. The van der Waals surface area contributed by atoms with Crippen molar-refractivity contribution in [2.24, 2.45) is 0 Å². The van der Waals surface area contributed by atoms with E-state index in [4.69, 9.17) is 4.74 Å². The van der Waals surface area contributed by atoms with Gasteiger partial charge in [-0.1, -0.05) is 18.2 Å². The number of benzene rings is 1. The number of nitrogens with one attached hydrogen (secondary N) is 1. The van der Waals surface area contributed by atoms with Gasteiger partial charge in [0.15, 0.2) is 0 Å². The maximum atomic E-state index is 12.5. The largest absolute Gasteiger partial charge is 0.383 e. The molecule has 0 aliphatic carbocycles. The number of methoxy groups -OCH3 is 1. The summed E-state index contributed by atoms with van der Waals surface area (Å²) in [7, 11) is 1.60. The highest BCUT2D eigenvalue weighted by Crippen LogP contribution is 2.14. The van der Waals surface area contributed by atoms with Crippen molar-refractivity contribution in [3.05, 3.63) is 52.2 Å². The van der Waals surface area contributed by atoms with Crippen molar-refractivity contribution >= 4 is 28.8 Å². The maximum absolute atomic E-state index is 12.5. The van der Waals surface area contributed by atoms with Gasteiger partial charge in [-0.25, -0.2) is 0 Å². The molecule has 0 spiro atoms. The van der Waals surface area contributed by atoms with E-state index in [0.29, 0.717) is 25.4 Å². The zero-order chi connectivity index (χ0) is 17.4. The monoisotopic (exact) mass is 346 g/mol. The van der Waals surface area contributed by atoms with E-state index in [1.54, 1.807) is 23.3 Å². The molecule has 0 bridgehead atoms. The van der Waals surface area contributed by atoms with E-state index in [0.717, 1.165) is 10.4 Å². The molecule has 1 heterocycles. The zero-order valence-corrected chi connectivity index (χ0v) is 14.8. The summed E-state index contributed by atoms with van der Waals surface area (Å²) in [4.78, 5) is 27.3. The topological polar surface area (TPSA) is 58.6 Å². The number of carbonyl (C=O) groups excluding carboxylic acids is 2. The molecule has 2 rings (SSSR count). The number of carbonyl (C=O) groups is 2. The van der Waals surface area contributed by atoms with Crippen LogP contribution in [0.1, 0.15) is 16.9 Å². The number of hydrogen-bond acceptors (Lipinski definition) is 4. The number of ether oxygens (including phenoxy) is 1. The fraction of sp³-hybridized carbons (Fsp3) is 0.333. The van der Waals surface area contributed by atoms with Gasteiger partial charge in [0.05, 0.1) is 13.2 Å². The van der Waals surface area contributed by atoms with Gasteiger partial charge in [-0.05, 0) is 36.1 Å². The minimum atomic E-state index is -0.306. The van der Waals surface area contributed by atoms with Crippen LogP contribution in [0.5, 0.6) is 0 Å². The number of aryl methyl sites for hydroxylation is 1. The van der Waals surface area contributed by atoms with Crippen LogP contribution in [0.2, 0.25) is 0 Å². The van der Waals surface area contributed by atoms with Crippen molar-refractivity contribution in [1.29, 1.82) is 0 Å². The molecule has 0 saturated carbocycles. The molecule has 1 aromatic carbocycles. The van der Waals surface area contributed by atoms with Crippen molar-refractivity contribution in [2.75, 3.05) is 25.6 Å². The summed E-state index contributed by atoms with van der Waals surface area (Å²) in [5.41, 5.74) is 1.76. The van der Waals surface area contributed by atoms with Crippen LogP contribution in [0.3, 0.4) is 0 Å². The van der Waals surface area contributed by atoms with Gasteiger partial charge in [0.2, 0.25) is 11.8 Å². The highest BCUT2D eigenvalue weighted by Gasteiger charge is 2.18. The van der Waals surface area contributed by atoms with E-state index < -0.39 is 0 Å². The predicted octanol–water partition coefficient (Wildman–Crippen LogP) is 3.06. The highest BCUT2D eigenvalue weighted by atomic mass is 32.1. The van der Waals surface area contributed by atoms with Crippen LogP contribution in [0.15, 0.2) is 41.8 Å². The fourth-order valence-electron chi connectivity index (χ4n) is 2.26. The van der Waals surface area contributed by atoms with Crippen LogP contribution < -0.4 is 5.32 Å². The first-order valence-electron chi connectivity index (χ1n) is 7.74. The lowest BCUT2D eigenvalue weighted by Crippen LogP contribution is -2.35. The summed E-state index contributed by atoms with van der Waals surface area (Å²) in [6, 6.07) is 11.4. The molecule has 0 unspecified atom stereocenters. The Balaban J connectivity index is 1.94. The normalized spacial score (nSPS) is 10.4. The Labute approximate surface area is 146 Å². The van der Waals surface area contributed by atoms with E-state index in [2.05, 4.69) is 5.32 Å². The van der Waals surface area contributed by atoms with Gasteiger partial charge in [0.1, 0.15) is 6.42 Å². The maximum Gasteiger partial charge on any atom is 0.233 e. The molecule has 2 aromatic rings. The van der Waals surface area contributed by atoms with E-state index in [1.807, 2.05) is 48.7 Å². The first-order chi connectivity index (χ1) is 11.6. The summed E-state index contributed by atoms with van der Waals surface area (Å²) in [6.07, 6.45) is -0.178. The Morgan fingerprint density at radius 1 is 1.25 bits per heavy atom. The summed E-state index contributed by atoms with van der Waals surface area (Å²) >= 11 is 1.59. The molecular formula is C18H22N2O3S. The first-order valence-corrected chi connectivity index (χ1v) is 8.62. The number of amides is 2. The van der Waals surface area contributed by atoms with Gasteiger partial charge < -0.3 is 15.0 Å². The molecule has 0 radical (unpaired) electrons. The highest BCUT2D eigenvalue weighted by molar-refractivity contribution is 7.09. The zero-order valence-electron chi connectivity index (χ0n) is 14.0. The fourth-order valence-corrected chi connectivity index (χ4v) is 2.98. The van der Waals surface area contributed by atoms with Crippen molar-refractivity contribution in [3.8, 4) is 0 Å². The Morgan fingerprint density at radius 2 is 2.08 bits per heavy atom. The quantitative estimate of drug-likeness (QED) is 0.748. The Morgan fingerprint density at radius 3 is 2.75 bits per heavy atom. The first kappa shape index (κ1) is 18.2. The van der Waals surface area contributed by atoms with Crippen molar-refractivity contribution in [2.45, 2.75) is 19.9 Å². The molecule has 6 heteroatoms. The second-order valence-corrected chi connectivity index (χ2v) is 6.51. The molecule has 1 N–H and O–H groups in total. The number of rotatable bonds is 8. The van der Waals surface area contributed by atoms with Crippen molar-refractivity contribution in [1.82, 2.24) is 4.90 Å². The van der Waals surface area contributed by atoms with E-state index in [-0.39, 0.29) is 18.2 Å². The minimum absolute atomic E-state index is 0.178. The standard InChI is InChI=1S/C18H22N2O3S/c1-14-5-3-6-15(11-14)19-17(21)12-18(22)20(8-9-23-2)13-16-7-4-10-24-16/h3-7,10-11H,8-9,12-13H2,1-2H3,(H,19,21). The molecule has 0 aliphatic heterocycles. The van der Waals surface area contributed by atoms with Crippen molar-refractivity contribution < 1.29 is 14.3 Å². The Hall–Kier alpha value is -2.18. The smallest absolute Gasteiger partial charge is 0.233 e. The molecule has 0 saturated heterocycles. The van der Waals surface area contributed by atoms with Gasteiger partial charge >= 0.3 is 0 Å². The summed E-state index contributed by atoms with van der Waals surface area (Å²) in [6.45, 7) is 3.35. The van der Waals surface area contributed by atoms with Crippen LogP contribution in [0.25, 0.3) is 0 Å². The van der Waals surface area contributed by atoms with Gasteiger partial charge in [-0.2, -0.15) is 0 Å². The van der Waals surface area contributed by atoms with Gasteiger partial charge in [-0.3, -0.25) is 9.59 Å². The second kappa shape index (κ2) is 9.20. The third-order valence-corrected chi connectivity index (χ3v) is 4.32. The van der Waals surface area contributed by atoms with Crippen LogP contribution in [-0.4, -0.2) is 37.0 Å². The number of hydrogen-bond donors (Lipinski definition) is 1. The molecule has 1 aromatic heterocycles. The average Bonchev–Trinajstić information content (AvgIpc) is 3.04. The lowest BCUT2D eigenvalue weighted by Gasteiger charge is -2.21. The SMILES string of the molecule is COCCN(Cc1cccs1)C(=O)CC(=O)Nc1cccc(C)c1.